The second-order valence-corrected chi connectivity index (χ2v) is 6.25. The molecular formula is C13H22N2O5S2. The van der Waals surface area contributed by atoms with Crippen LogP contribution in [0.2, 0.25) is 0 Å². The molecule has 126 valence electrons. The standard InChI is InChI=1S/C13H22N2O5S2/c1-9(16)15-10(12(18)19)5-3-4-7-14-13(21)22-8-6-11(17)20-2/h10H,3-8H2,1-2H3,(H,14,21)(H,15,16)(H,18,19)/t10-/m0/s1. The van der Waals surface area contributed by atoms with Crippen molar-refractivity contribution in [3.05, 3.63) is 0 Å². The maximum Gasteiger partial charge on any atom is 0.326 e. The van der Waals surface area contributed by atoms with Gasteiger partial charge in [0.25, 0.3) is 0 Å². The minimum atomic E-state index is -1.03. The summed E-state index contributed by atoms with van der Waals surface area (Å²) < 4.78 is 5.12. The van der Waals surface area contributed by atoms with E-state index in [0.717, 1.165) is 6.42 Å². The molecular weight excluding hydrogens is 328 g/mol. The fraction of sp³-hybridized carbons (Fsp3) is 0.692. The van der Waals surface area contributed by atoms with E-state index in [1.54, 1.807) is 0 Å². The van der Waals surface area contributed by atoms with Gasteiger partial charge in [-0.1, -0.05) is 24.0 Å². The molecule has 0 aromatic carbocycles. The number of methoxy groups -OCH3 is 1. The van der Waals surface area contributed by atoms with Gasteiger partial charge in [0.05, 0.1) is 13.5 Å². The number of ether oxygens (including phenoxy) is 1. The molecule has 0 bridgehead atoms. The lowest BCUT2D eigenvalue weighted by molar-refractivity contribution is -0.141. The van der Waals surface area contributed by atoms with Gasteiger partial charge in [-0.3, -0.25) is 9.59 Å². The zero-order valence-electron chi connectivity index (χ0n) is 12.7. The van der Waals surface area contributed by atoms with Crippen molar-refractivity contribution in [1.82, 2.24) is 10.6 Å². The highest BCUT2D eigenvalue weighted by Crippen LogP contribution is 2.06. The van der Waals surface area contributed by atoms with E-state index in [1.165, 1.54) is 25.8 Å². The van der Waals surface area contributed by atoms with Gasteiger partial charge in [-0.15, -0.1) is 0 Å². The van der Waals surface area contributed by atoms with Crippen LogP contribution >= 0.6 is 24.0 Å². The summed E-state index contributed by atoms with van der Waals surface area (Å²) in [6.45, 7) is 1.91. The number of carbonyl (C=O) groups excluding carboxylic acids is 2. The van der Waals surface area contributed by atoms with E-state index in [2.05, 4.69) is 15.4 Å². The van der Waals surface area contributed by atoms with E-state index in [-0.39, 0.29) is 11.9 Å². The maximum absolute atomic E-state index is 10.9. The van der Waals surface area contributed by atoms with Crippen LogP contribution < -0.4 is 10.6 Å². The first-order valence-electron chi connectivity index (χ1n) is 6.84. The van der Waals surface area contributed by atoms with Gasteiger partial charge in [-0.25, -0.2) is 4.79 Å². The third-order valence-electron chi connectivity index (χ3n) is 2.63. The van der Waals surface area contributed by atoms with Crippen molar-refractivity contribution < 1.29 is 24.2 Å². The van der Waals surface area contributed by atoms with Crippen LogP contribution in [-0.2, 0) is 19.1 Å². The van der Waals surface area contributed by atoms with Gasteiger partial charge in [-0.05, 0) is 19.3 Å². The molecule has 0 spiro atoms. The number of aliphatic carboxylic acids is 1. The zero-order valence-corrected chi connectivity index (χ0v) is 14.3. The first-order valence-corrected chi connectivity index (χ1v) is 8.23. The van der Waals surface area contributed by atoms with E-state index in [9.17, 15) is 14.4 Å². The molecule has 0 saturated heterocycles. The van der Waals surface area contributed by atoms with Crippen molar-refractivity contribution in [1.29, 1.82) is 0 Å². The first-order chi connectivity index (χ1) is 10.4. The molecule has 0 aliphatic heterocycles. The Morgan fingerprint density at radius 1 is 1.32 bits per heavy atom. The SMILES string of the molecule is COC(=O)CCSC(=S)NCCCC[C@H](NC(C)=O)C(=O)O. The Morgan fingerprint density at radius 3 is 2.55 bits per heavy atom. The number of thiocarbonyl (C=S) groups is 1. The average molecular weight is 350 g/mol. The van der Waals surface area contributed by atoms with Crippen LogP contribution in [-0.4, -0.2) is 52.7 Å². The molecule has 22 heavy (non-hydrogen) atoms. The van der Waals surface area contributed by atoms with Crippen molar-refractivity contribution in [3.8, 4) is 0 Å². The van der Waals surface area contributed by atoms with Gasteiger partial charge >= 0.3 is 11.9 Å². The predicted molar refractivity (Wildman–Crippen MR) is 88.8 cm³/mol. The highest BCUT2D eigenvalue weighted by atomic mass is 32.2. The fourth-order valence-corrected chi connectivity index (χ4v) is 2.56. The van der Waals surface area contributed by atoms with Crippen molar-refractivity contribution in [3.63, 3.8) is 0 Å². The van der Waals surface area contributed by atoms with Crippen molar-refractivity contribution >= 4 is 46.1 Å². The average Bonchev–Trinajstić information content (AvgIpc) is 2.44. The van der Waals surface area contributed by atoms with Gasteiger partial charge in [0, 0.05) is 19.2 Å². The van der Waals surface area contributed by atoms with E-state index < -0.39 is 12.0 Å². The number of carboxylic acids is 1. The van der Waals surface area contributed by atoms with E-state index in [4.69, 9.17) is 17.3 Å². The first kappa shape index (κ1) is 20.6. The molecule has 0 radical (unpaired) electrons. The highest BCUT2D eigenvalue weighted by Gasteiger charge is 2.17. The number of unbranched alkanes of at least 4 members (excludes halogenated alkanes) is 1. The monoisotopic (exact) mass is 350 g/mol. The summed E-state index contributed by atoms with van der Waals surface area (Å²) in [7, 11) is 1.34. The van der Waals surface area contributed by atoms with Crippen LogP contribution in [0.1, 0.15) is 32.6 Å². The third-order valence-corrected chi connectivity index (χ3v) is 3.94. The van der Waals surface area contributed by atoms with Crippen LogP contribution in [0.3, 0.4) is 0 Å². The molecule has 1 atom stereocenters. The number of nitrogens with one attached hydrogen (secondary N) is 2. The molecule has 0 aromatic heterocycles. The Morgan fingerprint density at radius 2 is 2.00 bits per heavy atom. The molecule has 0 fully saturated rings. The minimum Gasteiger partial charge on any atom is -0.480 e. The lowest BCUT2D eigenvalue weighted by Gasteiger charge is -2.13. The maximum atomic E-state index is 10.9. The van der Waals surface area contributed by atoms with E-state index in [1.807, 2.05) is 0 Å². The number of esters is 1. The largest absolute Gasteiger partial charge is 0.480 e. The number of rotatable bonds is 10. The topological polar surface area (TPSA) is 105 Å². The van der Waals surface area contributed by atoms with Crippen molar-refractivity contribution in [2.24, 2.45) is 0 Å². The zero-order chi connectivity index (χ0) is 17.0. The summed E-state index contributed by atoms with van der Waals surface area (Å²) in [6.07, 6.45) is 2.07. The smallest absolute Gasteiger partial charge is 0.326 e. The second kappa shape index (κ2) is 12.2. The van der Waals surface area contributed by atoms with Crippen LogP contribution in [0.15, 0.2) is 0 Å². The number of amides is 1. The molecule has 3 N–H and O–H groups in total. The molecule has 0 unspecified atom stereocenters. The van der Waals surface area contributed by atoms with Crippen LogP contribution in [0, 0.1) is 0 Å². The Kier molecular flexibility index (Phi) is 11.5. The molecule has 0 aliphatic rings. The lowest BCUT2D eigenvalue weighted by Crippen LogP contribution is -2.39. The Bertz CT molecular complexity index is 404. The molecule has 0 aromatic rings. The fourth-order valence-electron chi connectivity index (χ4n) is 1.55. The molecule has 0 saturated carbocycles. The summed E-state index contributed by atoms with van der Waals surface area (Å²) >= 11 is 6.46. The van der Waals surface area contributed by atoms with Gasteiger partial charge in [0.2, 0.25) is 5.91 Å². The number of hydrogen-bond donors (Lipinski definition) is 3. The molecule has 0 rings (SSSR count). The summed E-state index contributed by atoms with van der Waals surface area (Å²) in [5.74, 6) is -1.10. The van der Waals surface area contributed by atoms with Gasteiger partial charge in [0.1, 0.15) is 10.4 Å². The van der Waals surface area contributed by atoms with Crippen LogP contribution in [0.4, 0.5) is 0 Å². The third kappa shape index (κ3) is 11.3. The van der Waals surface area contributed by atoms with Gasteiger partial charge < -0.3 is 20.5 Å². The van der Waals surface area contributed by atoms with Gasteiger partial charge in [0.15, 0.2) is 0 Å². The molecule has 0 aliphatic carbocycles. The van der Waals surface area contributed by atoms with E-state index in [0.29, 0.717) is 35.9 Å². The molecule has 9 heteroatoms. The van der Waals surface area contributed by atoms with Crippen LogP contribution in [0.5, 0.6) is 0 Å². The summed E-state index contributed by atoms with van der Waals surface area (Å²) in [5.41, 5.74) is 0. The number of hydrogen-bond acceptors (Lipinski definition) is 6. The summed E-state index contributed by atoms with van der Waals surface area (Å²) in [4.78, 5) is 32.7. The molecule has 0 heterocycles. The van der Waals surface area contributed by atoms with Crippen molar-refractivity contribution in [2.75, 3.05) is 19.4 Å². The second-order valence-electron chi connectivity index (χ2n) is 4.48. The highest BCUT2D eigenvalue weighted by molar-refractivity contribution is 8.22. The van der Waals surface area contributed by atoms with Crippen molar-refractivity contribution in [2.45, 2.75) is 38.6 Å². The lowest BCUT2D eigenvalue weighted by atomic mass is 10.1. The Hall–Kier alpha value is -1.35. The molecule has 1 amide bonds. The predicted octanol–water partition coefficient (Wildman–Crippen LogP) is 0.917. The Balaban J connectivity index is 3.70. The number of carbonyl (C=O) groups is 3. The normalized spacial score (nSPS) is 11.4. The summed E-state index contributed by atoms with van der Waals surface area (Å²) in [5, 5.41) is 14.4. The van der Waals surface area contributed by atoms with Crippen LogP contribution in [0.25, 0.3) is 0 Å². The van der Waals surface area contributed by atoms with Gasteiger partial charge in [-0.2, -0.15) is 0 Å². The number of thioether (sulfide) groups is 1. The molecule has 7 nitrogen and oxygen atoms in total. The quantitative estimate of drug-likeness (QED) is 0.303. The minimum absolute atomic E-state index is 0.270. The Labute approximate surface area is 139 Å². The number of carboxylic acid groups (broad SMARTS) is 1. The summed E-state index contributed by atoms with van der Waals surface area (Å²) in [6, 6.07) is -0.848. The van der Waals surface area contributed by atoms with E-state index >= 15 is 0 Å².